The highest BCUT2D eigenvalue weighted by Gasteiger charge is 2.45. The van der Waals surface area contributed by atoms with Crippen LogP contribution in [0.25, 0.3) is 0 Å². The van der Waals surface area contributed by atoms with E-state index in [1.54, 1.807) is 12.1 Å². The molecule has 0 saturated carbocycles. The van der Waals surface area contributed by atoms with E-state index in [0.29, 0.717) is 90.0 Å². The summed E-state index contributed by atoms with van der Waals surface area (Å²) < 4.78 is 27.2. The minimum absolute atomic E-state index is 0.0913. The number of piperidine rings is 1. The van der Waals surface area contributed by atoms with Gasteiger partial charge in [-0.3, -0.25) is 29.4 Å². The van der Waals surface area contributed by atoms with E-state index in [0.717, 1.165) is 15.8 Å². The predicted molar refractivity (Wildman–Crippen MR) is 139 cm³/mol. The van der Waals surface area contributed by atoms with Crippen molar-refractivity contribution in [2.24, 2.45) is 0 Å². The summed E-state index contributed by atoms with van der Waals surface area (Å²) in [6.07, 6.45) is 1.43. The first-order valence-electron chi connectivity index (χ1n) is 12.8. The Hall–Kier alpha value is -2.22. The molecule has 1 saturated heterocycles. The molecule has 1 fully saturated rings. The van der Waals surface area contributed by atoms with Crippen molar-refractivity contribution >= 4 is 39.6 Å². The van der Waals surface area contributed by atoms with Crippen molar-refractivity contribution in [3.63, 3.8) is 0 Å². The third-order valence-electron chi connectivity index (χ3n) is 6.00. The average Bonchev–Trinajstić information content (AvgIpc) is 3.16. The number of alkyl halides is 1. The molecule has 11 nitrogen and oxygen atoms in total. The number of benzene rings is 1. The molecule has 1 aromatic rings. The van der Waals surface area contributed by atoms with Crippen LogP contribution in [0.2, 0.25) is 0 Å². The second-order valence-corrected chi connectivity index (χ2v) is 9.43. The lowest BCUT2D eigenvalue weighted by atomic mass is 9.99. The van der Waals surface area contributed by atoms with Crippen LogP contribution in [0.1, 0.15) is 45.5 Å². The molecule has 3 rings (SSSR count). The molecule has 2 heterocycles. The minimum atomic E-state index is -0.968. The first-order valence-corrected chi connectivity index (χ1v) is 13.9. The van der Waals surface area contributed by atoms with Gasteiger partial charge in [0.25, 0.3) is 11.8 Å². The van der Waals surface area contributed by atoms with E-state index in [4.69, 9.17) is 23.7 Å². The van der Waals surface area contributed by atoms with Gasteiger partial charge in [0, 0.05) is 18.4 Å². The smallest absolute Gasteiger partial charge is 0.262 e. The predicted octanol–water partition coefficient (Wildman–Crippen LogP) is 1.50. The third kappa shape index (κ3) is 8.92. The van der Waals surface area contributed by atoms with Gasteiger partial charge in [-0.15, -0.1) is 0 Å². The summed E-state index contributed by atoms with van der Waals surface area (Å²) in [6.45, 7) is 5.10. The Bertz CT molecular complexity index is 959. The summed E-state index contributed by atoms with van der Waals surface area (Å²) in [6, 6.07) is 4.17. The molecule has 2 aliphatic heterocycles. The molecule has 210 valence electrons. The Balaban J connectivity index is 1.26. The van der Waals surface area contributed by atoms with Gasteiger partial charge in [-0.05, 0) is 30.9 Å². The summed E-state index contributed by atoms with van der Waals surface area (Å²) >= 11 is 3.29. The lowest BCUT2D eigenvalue weighted by Gasteiger charge is -2.27. The molecule has 0 radical (unpaired) electrons. The van der Waals surface area contributed by atoms with Crippen molar-refractivity contribution in [1.82, 2.24) is 10.2 Å². The Morgan fingerprint density at radius 3 is 1.95 bits per heavy atom. The molecule has 2 aliphatic rings. The normalized spacial score (nSPS) is 17.3. The number of fused-ring (bicyclic) bond motifs is 1. The number of halogens is 1. The summed E-state index contributed by atoms with van der Waals surface area (Å²) in [5.41, 5.74) is 1.36. The molecule has 12 heteroatoms. The maximum Gasteiger partial charge on any atom is 0.262 e. The number of ether oxygens (including phenoxy) is 5. The van der Waals surface area contributed by atoms with Gasteiger partial charge in [0.1, 0.15) is 6.04 Å². The summed E-state index contributed by atoms with van der Waals surface area (Å²) in [5, 5.41) is 3.02. The van der Waals surface area contributed by atoms with Crippen molar-refractivity contribution in [1.29, 1.82) is 0 Å². The number of aryl methyl sites for hydroxylation is 1. The zero-order chi connectivity index (χ0) is 27.2. The number of nitrogens with zero attached hydrogens (tertiary/aromatic N) is 1. The van der Waals surface area contributed by atoms with E-state index < -0.39 is 29.7 Å². The van der Waals surface area contributed by atoms with Gasteiger partial charge in [-0.1, -0.05) is 28.1 Å². The van der Waals surface area contributed by atoms with Gasteiger partial charge >= 0.3 is 0 Å². The number of carbonyl (C=O) groups is 4. The first-order chi connectivity index (χ1) is 18.5. The van der Waals surface area contributed by atoms with Crippen LogP contribution < -0.4 is 5.32 Å². The van der Waals surface area contributed by atoms with Gasteiger partial charge < -0.3 is 23.7 Å². The first kappa shape index (κ1) is 30.3. The van der Waals surface area contributed by atoms with Gasteiger partial charge in [0.05, 0.1) is 70.6 Å². The van der Waals surface area contributed by atoms with Crippen LogP contribution in [0.15, 0.2) is 18.2 Å². The van der Waals surface area contributed by atoms with Gasteiger partial charge in [0.2, 0.25) is 11.8 Å². The number of carbonyl (C=O) groups excluding carboxylic acids is 4. The molecule has 0 spiro atoms. The van der Waals surface area contributed by atoms with Gasteiger partial charge in [-0.2, -0.15) is 0 Å². The van der Waals surface area contributed by atoms with E-state index in [9.17, 15) is 19.2 Å². The fraction of sp³-hybridized carbons (Fsp3) is 0.615. The maximum absolute atomic E-state index is 13.1. The molecule has 4 amide bonds. The lowest BCUT2D eigenvalue weighted by Crippen LogP contribution is -2.54. The number of hydrogen-bond acceptors (Lipinski definition) is 9. The number of rotatable bonds is 19. The fourth-order valence-corrected chi connectivity index (χ4v) is 4.42. The summed E-state index contributed by atoms with van der Waals surface area (Å²) in [5.74, 6) is -2.00. The number of imide groups is 2. The van der Waals surface area contributed by atoms with Crippen molar-refractivity contribution in [3.05, 3.63) is 34.9 Å². The summed E-state index contributed by atoms with van der Waals surface area (Å²) in [4.78, 5) is 50.7. The largest absolute Gasteiger partial charge is 0.379 e. The van der Waals surface area contributed by atoms with Gasteiger partial charge in [0.15, 0.2) is 0 Å². The molecule has 0 bridgehead atoms. The number of hydrogen-bond donors (Lipinski definition) is 1. The SMILES string of the molecule is O=C1CCC(N2C(=O)c3cccc(CCCOCCOCCOCCOCCOCCBr)c3C2=O)C(=O)N1. The monoisotopic (exact) mass is 598 g/mol. The highest BCUT2D eigenvalue weighted by atomic mass is 79.9. The number of nitrogens with one attached hydrogen (secondary N) is 1. The zero-order valence-corrected chi connectivity index (χ0v) is 23.0. The molecule has 1 aromatic carbocycles. The van der Waals surface area contributed by atoms with Crippen molar-refractivity contribution in [3.8, 4) is 0 Å². The maximum atomic E-state index is 13.1. The van der Waals surface area contributed by atoms with Crippen LogP contribution >= 0.6 is 15.9 Å². The second kappa shape index (κ2) is 16.7. The van der Waals surface area contributed by atoms with E-state index >= 15 is 0 Å². The van der Waals surface area contributed by atoms with Crippen LogP contribution in [0, 0.1) is 0 Å². The molecule has 0 aromatic heterocycles. The van der Waals surface area contributed by atoms with Crippen LogP contribution in [0.3, 0.4) is 0 Å². The second-order valence-electron chi connectivity index (χ2n) is 8.64. The van der Waals surface area contributed by atoms with E-state index in [-0.39, 0.29) is 12.8 Å². The standard InChI is InChI=1S/C26H35BrN2O9/c27-8-10-35-12-14-37-16-18-38-17-15-36-13-11-34-9-2-4-19-3-1-5-20-23(19)26(33)29(25(20)32)21-6-7-22(30)28-24(21)31/h1,3,5,21H,2,4,6-18H2,(H,28,30,31). The molecular weight excluding hydrogens is 564 g/mol. The quantitative estimate of drug-likeness (QED) is 0.143. The average molecular weight is 599 g/mol. The highest BCUT2D eigenvalue weighted by molar-refractivity contribution is 9.09. The van der Waals surface area contributed by atoms with Crippen LogP contribution in [-0.2, 0) is 39.7 Å². The van der Waals surface area contributed by atoms with Crippen molar-refractivity contribution in [2.75, 3.05) is 71.4 Å². The van der Waals surface area contributed by atoms with E-state index in [1.165, 1.54) is 0 Å². The summed E-state index contributed by atoms with van der Waals surface area (Å²) in [7, 11) is 0. The molecule has 1 unspecified atom stereocenters. The van der Waals surface area contributed by atoms with Gasteiger partial charge in [-0.25, -0.2) is 0 Å². The van der Waals surface area contributed by atoms with E-state index in [2.05, 4.69) is 21.2 Å². The molecule has 0 aliphatic carbocycles. The lowest BCUT2D eigenvalue weighted by molar-refractivity contribution is -0.136. The Labute approximate surface area is 230 Å². The molecule has 1 N–H and O–H groups in total. The topological polar surface area (TPSA) is 130 Å². The highest BCUT2D eigenvalue weighted by Crippen LogP contribution is 2.30. The molecular formula is C26H35BrN2O9. The van der Waals surface area contributed by atoms with Crippen molar-refractivity contribution in [2.45, 2.75) is 31.7 Å². The Morgan fingerprint density at radius 2 is 1.37 bits per heavy atom. The zero-order valence-electron chi connectivity index (χ0n) is 21.4. The molecule has 1 atom stereocenters. The fourth-order valence-electron chi connectivity index (χ4n) is 4.19. The molecule has 38 heavy (non-hydrogen) atoms. The van der Waals surface area contributed by atoms with Crippen LogP contribution in [0.5, 0.6) is 0 Å². The van der Waals surface area contributed by atoms with Crippen molar-refractivity contribution < 1.29 is 42.9 Å². The Kier molecular flexibility index (Phi) is 13.3. The van der Waals surface area contributed by atoms with Crippen LogP contribution in [0.4, 0.5) is 0 Å². The Morgan fingerprint density at radius 1 is 0.789 bits per heavy atom. The van der Waals surface area contributed by atoms with E-state index in [1.807, 2.05) is 6.07 Å². The number of amides is 4. The third-order valence-corrected chi connectivity index (χ3v) is 6.32. The van der Waals surface area contributed by atoms with Crippen LogP contribution in [-0.4, -0.2) is 106 Å². The minimum Gasteiger partial charge on any atom is -0.379 e.